The predicted molar refractivity (Wildman–Crippen MR) is 104 cm³/mol. The number of nitrogens with two attached hydrogens (primary N) is 1. The van der Waals surface area contributed by atoms with E-state index in [9.17, 15) is 8.42 Å². The van der Waals surface area contributed by atoms with E-state index in [0.29, 0.717) is 12.1 Å². The van der Waals surface area contributed by atoms with Crippen molar-refractivity contribution in [2.45, 2.75) is 24.3 Å². The summed E-state index contributed by atoms with van der Waals surface area (Å²) in [6.45, 7) is 2.48. The molecule has 3 aromatic rings. The highest BCUT2D eigenvalue weighted by atomic mass is 32.2. The number of aryl methyl sites for hydroxylation is 1. The third kappa shape index (κ3) is 3.51. The van der Waals surface area contributed by atoms with Gasteiger partial charge in [-0.3, -0.25) is 0 Å². The summed E-state index contributed by atoms with van der Waals surface area (Å²) in [6.07, 6.45) is 2.40. The van der Waals surface area contributed by atoms with E-state index in [4.69, 9.17) is 5.73 Å². The van der Waals surface area contributed by atoms with Crippen molar-refractivity contribution in [1.82, 2.24) is 14.1 Å². The molecule has 0 spiro atoms. The predicted octanol–water partition coefficient (Wildman–Crippen LogP) is 2.01. The van der Waals surface area contributed by atoms with Gasteiger partial charge in [0.25, 0.3) is 10.0 Å². The van der Waals surface area contributed by atoms with Gasteiger partial charge in [0, 0.05) is 18.0 Å². The molecule has 3 rings (SSSR count). The van der Waals surface area contributed by atoms with Crippen LogP contribution in [0, 0.1) is 6.92 Å². The van der Waals surface area contributed by atoms with Gasteiger partial charge in [-0.25, -0.2) is 0 Å². The zero-order chi connectivity index (χ0) is 18.9. The maximum atomic E-state index is 12.9. The standard InChI is InChI=1S/C19H24N4O2S/c1-14-4-7-18(8-5-14)26(24,25)23-19-9-6-15(10-16(19)13-21-23)11-17(12-20)22(2)3/h4-10,13,17H,11-12,20H2,1-3H3. The molecule has 1 aromatic heterocycles. The highest BCUT2D eigenvalue weighted by molar-refractivity contribution is 7.90. The minimum absolute atomic E-state index is 0.230. The number of fused-ring (bicyclic) bond motifs is 1. The van der Waals surface area contributed by atoms with Crippen LogP contribution in [0.2, 0.25) is 0 Å². The first-order chi connectivity index (χ1) is 12.3. The van der Waals surface area contributed by atoms with Gasteiger partial charge in [-0.15, -0.1) is 0 Å². The summed E-state index contributed by atoms with van der Waals surface area (Å²) >= 11 is 0. The Morgan fingerprint density at radius 2 is 1.85 bits per heavy atom. The van der Waals surface area contributed by atoms with Crippen molar-refractivity contribution in [3.63, 3.8) is 0 Å². The van der Waals surface area contributed by atoms with Crippen LogP contribution in [-0.4, -0.2) is 49.2 Å². The summed E-state index contributed by atoms with van der Waals surface area (Å²) in [7, 11) is 0.289. The van der Waals surface area contributed by atoms with Gasteiger partial charge >= 0.3 is 0 Å². The third-order valence-electron chi connectivity index (χ3n) is 4.62. The van der Waals surface area contributed by atoms with Crippen LogP contribution in [0.3, 0.4) is 0 Å². The first-order valence-corrected chi connectivity index (χ1v) is 9.92. The minimum Gasteiger partial charge on any atom is -0.329 e. The van der Waals surface area contributed by atoms with E-state index < -0.39 is 10.0 Å². The molecule has 6 nitrogen and oxygen atoms in total. The van der Waals surface area contributed by atoms with E-state index in [1.807, 2.05) is 39.2 Å². The summed E-state index contributed by atoms with van der Waals surface area (Å²) < 4.78 is 26.9. The Kier molecular flexibility index (Phi) is 5.13. The number of rotatable bonds is 6. The number of aromatic nitrogens is 2. The maximum Gasteiger partial charge on any atom is 0.283 e. The van der Waals surface area contributed by atoms with Crippen molar-refractivity contribution < 1.29 is 8.42 Å². The molecule has 2 N–H and O–H groups in total. The molecule has 1 heterocycles. The molecule has 2 aromatic carbocycles. The largest absolute Gasteiger partial charge is 0.329 e. The SMILES string of the molecule is Cc1ccc(S(=O)(=O)n2ncc3cc(CC(CN)N(C)C)ccc32)cc1. The lowest BCUT2D eigenvalue weighted by atomic mass is 10.0. The molecule has 138 valence electrons. The Balaban J connectivity index is 1.98. The number of hydrogen-bond acceptors (Lipinski definition) is 5. The summed E-state index contributed by atoms with van der Waals surface area (Å²) in [5, 5.41) is 4.93. The molecule has 0 fully saturated rings. The number of likely N-dealkylation sites (N-methyl/N-ethyl adjacent to an activating group) is 1. The second-order valence-corrected chi connectivity index (χ2v) is 8.52. The Hall–Kier alpha value is -2.22. The second kappa shape index (κ2) is 7.19. The monoisotopic (exact) mass is 372 g/mol. The molecular weight excluding hydrogens is 348 g/mol. The van der Waals surface area contributed by atoms with Gasteiger partial charge in [0.2, 0.25) is 0 Å². The number of nitrogens with zero attached hydrogens (tertiary/aromatic N) is 3. The fourth-order valence-corrected chi connectivity index (χ4v) is 4.21. The second-order valence-electron chi connectivity index (χ2n) is 6.76. The Morgan fingerprint density at radius 1 is 1.15 bits per heavy atom. The van der Waals surface area contributed by atoms with Crippen LogP contribution >= 0.6 is 0 Å². The fraction of sp³-hybridized carbons (Fsp3) is 0.316. The highest BCUT2D eigenvalue weighted by Crippen LogP contribution is 2.22. The van der Waals surface area contributed by atoms with Crippen LogP contribution < -0.4 is 5.73 Å². The van der Waals surface area contributed by atoms with Gasteiger partial charge in [0.1, 0.15) is 0 Å². The summed E-state index contributed by atoms with van der Waals surface area (Å²) in [4.78, 5) is 2.32. The third-order valence-corrected chi connectivity index (χ3v) is 6.23. The molecule has 1 unspecified atom stereocenters. The molecule has 0 radical (unpaired) electrons. The topological polar surface area (TPSA) is 81.2 Å². The summed E-state index contributed by atoms with van der Waals surface area (Å²) in [6, 6.07) is 12.7. The molecule has 0 saturated carbocycles. The zero-order valence-corrected chi connectivity index (χ0v) is 16.1. The minimum atomic E-state index is -3.72. The Labute approximate surface area is 154 Å². The first-order valence-electron chi connectivity index (χ1n) is 8.48. The van der Waals surface area contributed by atoms with E-state index in [1.165, 1.54) is 0 Å². The number of benzene rings is 2. The van der Waals surface area contributed by atoms with Crippen molar-refractivity contribution in [1.29, 1.82) is 0 Å². The fourth-order valence-electron chi connectivity index (χ4n) is 2.94. The zero-order valence-electron chi connectivity index (χ0n) is 15.3. The average Bonchev–Trinajstić information content (AvgIpc) is 3.03. The van der Waals surface area contributed by atoms with Crippen molar-refractivity contribution >= 4 is 20.9 Å². The van der Waals surface area contributed by atoms with Crippen molar-refractivity contribution in [3.05, 3.63) is 59.8 Å². The highest BCUT2D eigenvalue weighted by Gasteiger charge is 2.20. The average molecular weight is 372 g/mol. The normalized spacial score (nSPS) is 13.4. The Morgan fingerprint density at radius 3 is 2.46 bits per heavy atom. The van der Waals surface area contributed by atoms with Crippen LogP contribution in [0.4, 0.5) is 0 Å². The smallest absolute Gasteiger partial charge is 0.283 e. The molecule has 0 aliphatic rings. The van der Waals surface area contributed by atoms with Crippen LogP contribution in [0.15, 0.2) is 53.6 Å². The van der Waals surface area contributed by atoms with Gasteiger partial charge in [-0.05, 0) is 57.3 Å². The molecular formula is C19H24N4O2S. The van der Waals surface area contributed by atoms with Crippen molar-refractivity contribution in [2.75, 3.05) is 20.6 Å². The van der Waals surface area contributed by atoms with Crippen LogP contribution in [0.5, 0.6) is 0 Å². The first kappa shape index (κ1) is 18.6. The molecule has 0 aliphatic heterocycles. The lowest BCUT2D eigenvalue weighted by Gasteiger charge is -2.22. The van der Waals surface area contributed by atoms with Crippen molar-refractivity contribution in [2.24, 2.45) is 5.73 Å². The van der Waals surface area contributed by atoms with Crippen molar-refractivity contribution in [3.8, 4) is 0 Å². The summed E-state index contributed by atoms with van der Waals surface area (Å²) in [5.41, 5.74) is 8.52. The van der Waals surface area contributed by atoms with Gasteiger partial charge < -0.3 is 10.6 Å². The molecule has 7 heteroatoms. The van der Waals surface area contributed by atoms with Gasteiger partial charge in [-0.1, -0.05) is 23.8 Å². The Bertz CT molecular complexity index is 1010. The molecule has 0 bridgehead atoms. The van der Waals surface area contributed by atoms with Gasteiger partial charge in [0.15, 0.2) is 0 Å². The molecule has 26 heavy (non-hydrogen) atoms. The van der Waals surface area contributed by atoms with Gasteiger partial charge in [0.05, 0.1) is 16.6 Å². The van der Waals surface area contributed by atoms with E-state index in [2.05, 4.69) is 10.00 Å². The quantitative estimate of drug-likeness (QED) is 0.716. The van der Waals surface area contributed by atoms with E-state index in [1.54, 1.807) is 30.5 Å². The van der Waals surface area contributed by atoms with E-state index >= 15 is 0 Å². The lowest BCUT2D eigenvalue weighted by Crippen LogP contribution is -2.36. The molecule has 1 atom stereocenters. The maximum absolute atomic E-state index is 12.9. The van der Waals surface area contributed by atoms with E-state index in [-0.39, 0.29) is 10.9 Å². The van der Waals surface area contributed by atoms with Crippen LogP contribution in [-0.2, 0) is 16.4 Å². The summed E-state index contributed by atoms with van der Waals surface area (Å²) in [5.74, 6) is 0. The number of hydrogen-bond donors (Lipinski definition) is 1. The lowest BCUT2D eigenvalue weighted by molar-refractivity contribution is 0.298. The molecule has 0 amide bonds. The molecule has 0 aliphatic carbocycles. The van der Waals surface area contributed by atoms with Crippen LogP contribution in [0.25, 0.3) is 10.9 Å². The van der Waals surface area contributed by atoms with E-state index in [0.717, 1.165) is 27.0 Å². The molecule has 0 saturated heterocycles. The van der Waals surface area contributed by atoms with Gasteiger partial charge in [-0.2, -0.15) is 17.6 Å². The van der Waals surface area contributed by atoms with Crippen LogP contribution in [0.1, 0.15) is 11.1 Å².